The lowest BCUT2D eigenvalue weighted by molar-refractivity contribution is -0.137. The van der Waals surface area contributed by atoms with Crippen molar-refractivity contribution in [3.05, 3.63) is 42.1 Å². The van der Waals surface area contributed by atoms with Crippen molar-refractivity contribution in [2.45, 2.75) is 6.18 Å². The molecule has 2 N–H and O–H groups in total. The van der Waals surface area contributed by atoms with E-state index in [-0.39, 0.29) is 11.6 Å². The third-order valence-corrected chi connectivity index (χ3v) is 2.16. The lowest BCUT2D eigenvalue weighted by Gasteiger charge is -2.11. The van der Waals surface area contributed by atoms with Crippen LogP contribution in [0.5, 0.6) is 0 Å². The standard InChI is InChI=1S/C11H8F3N3/c12-11(13,14)8-6-16-10(15)17-9(8)7-4-2-1-3-5-7/h1-6H,(H2,15,16,17). The molecular weight excluding hydrogens is 231 g/mol. The van der Waals surface area contributed by atoms with E-state index in [1.807, 2.05) is 0 Å². The van der Waals surface area contributed by atoms with Gasteiger partial charge in [-0.1, -0.05) is 30.3 Å². The van der Waals surface area contributed by atoms with Gasteiger partial charge in [0.05, 0.1) is 5.69 Å². The first-order valence-electron chi connectivity index (χ1n) is 4.73. The molecule has 0 amide bonds. The summed E-state index contributed by atoms with van der Waals surface area (Å²) >= 11 is 0. The van der Waals surface area contributed by atoms with Crippen molar-refractivity contribution in [3.8, 4) is 11.3 Å². The minimum Gasteiger partial charge on any atom is -0.368 e. The van der Waals surface area contributed by atoms with Crippen LogP contribution in [0.1, 0.15) is 5.56 Å². The molecule has 1 heterocycles. The van der Waals surface area contributed by atoms with Gasteiger partial charge in [-0.05, 0) is 0 Å². The van der Waals surface area contributed by atoms with Crippen LogP contribution < -0.4 is 5.73 Å². The van der Waals surface area contributed by atoms with Gasteiger partial charge in [-0.2, -0.15) is 13.2 Å². The number of hydrogen-bond donors (Lipinski definition) is 1. The molecule has 2 aromatic rings. The number of aromatic nitrogens is 2. The first-order valence-corrected chi connectivity index (χ1v) is 4.73. The van der Waals surface area contributed by atoms with E-state index in [9.17, 15) is 13.2 Å². The quantitative estimate of drug-likeness (QED) is 0.832. The maximum atomic E-state index is 12.7. The lowest BCUT2D eigenvalue weighted by Crippen LogP contribution is -2.11. The second kappa shape index (κ2) is 4.04. The summed E-state index contributed by atoms with van der Waals surface area (Å²) in [6.07, 6.45) is -3.80. The van der Waals surface area contributed by atoms with E-state index in [0.717, 1.165) is 0 Å². The summed E-state index contributed by atoms with van der Waals surface area (Å²) in [5.74, 6) is -0.183. The molecule has 1 aromatic carbocycles. The third-order valence-electron chi connectivity index (χ3n) is 2.16. The molecular formula is C11H8F3N3. The van der Waals surface area contributed by atoms with Crippen LogP contribution in [-0.2, 0) is 6.18 Å². The molecule has 3 nitrogen and oxygen atoms in total. The van der Waals surface area contributed by atoms with Crippen molar-refractivity contribution in [3.63, 3.8) is 0 Å². The molecule has 0 spiro atoms. The fourth-order valence-corrected chi connectivity index (χ4v) is 1.42. The van der Waals surface area contributed by atoms with Gasteiger partial charge >= 0.3 is 6.18 Å². The van der Waals surface area contributed by atoms with Gasteiger partial charge < -0.3 is 5.73 Å². The SMILES string of the molecule is Nc1ncc(C(F)(F)F)c(-c2ccccc2)n1. The van der Waals surface area contributed by atoms with Gasteiger partial charge in [0.15, 0.2) is 0 Å². The molecule has 88 valence electrons. The smallest absolute Gasteiger partial charge is 0.368 e. The average molecular weight is 239 g/mol. The van der Waals surface area contributed by atoms with E-state index in [4.69, 9.17) is 5.73 Å². The molecule has 6 heteroatoms. The normalized spacial score (nSPS) is 11.5. The van der Waals surface area contributed by atoms with E-state index in [1.54, 1.807) is 18.2 Å². The topological polar surface area (TPSA) is 51.8 Å². The predicted molar refractivity (Wildman–Crippen MR) is 56.9 cm³/mol. The Hall–Kier alpha value is -2.11. The fourth-order valence-electron chi connectivity index (χ4n) is 1.42. The van der Waals surface area contributed by atoms with E-state index in [0.29, 0.717) is 11.8 Å². The van der Waals surface area contributed by atoms with E-state index < -0.39 is 11.7 Å². The monoisotopic (exact) mass is 239 g/mol. The molecule has 0 unspecified atom stereocenters. The lowest BCUT2D eigenvalue weighted by atomic mass is 10.1. The molecule has 0 radical (unpaired) electrons. The van der Waals surface area contributed by atoms with Gasteiger partial charge in [0.1, 0.15) is 5.56 Å². The minimum atomic E-state index is -4.50. The van der Waals surface area contributed by atoms with Crippen LogP contribution in [0.25, 0.3) is 11.3 Å². The van der Waals surface area contributed by atoms with E-state index >= 15 is 0 Å². The Morgan fingerprint density at radius 3 is 2.29 bits per heavy atom. The Kier molecular flexibility index (Phi) is 2.71. The molecule has 0 bridgehead atoms. The summed E-state index contributed by atoms with van der Waals surface area (Å²) in [6.45, 7) is 0. The zero-order valence-corrected chi connectivity index (χ0v) is 8.57. The predicted octanol–water partition coefficient (Wildman–Crippen LogP) is 2.74. The maximum Gasteiger partial charge on any atom is 0.419 e. The highest BCUT2D eigenvalue weighted by Crippen LogP contribution is 2.35. The first kappa shape index (κ1) is 11.4. The number of nitrogens with zero attached hydrogens (tertiary/aromatic N) is 2. The minimum absolute atomic E-state index is 0.183. The second-order valence-corrected chi connectivity index (χ2v) is 3.35. The molecule has 17 heavy (non-hydrogen) atoms. The largest absolute Gasteiger partial charge is 0.419 e. The summed E-state index contributed by atoms with van der Waals surface area (Å²) in [5, 5.41) is 0. The van der Waals surface area contributed by atoms with Gasteiger partial charge in [-0.15, -0.1) is 0 Å². The number of nitrogens with two attached hydrogens (primary N) is 1. The van der Waals surface area contributed by atoms with E-state index in [1.165, 1.54) is 12.1 Å². The molecule has 2 rings (SSSR count). The van der Waals surface area contributed by atoms with Crippen molar-refractivity contribution in [2.75, 3.05) is 5.73 Å². The van der Waals surface area contributed by atoms with Crippen LogP contribution in [0.4, 0.5) is 19.1 Å². The molecule has 0 aliphatic heterocycles. The van der Waals surface area contributed by atoms with Crippen LogP contribution in [0.15, 0.2) is 36.5 Å². The van der Waals surface area contributed by atoms with Gasteiger partial charge in [0.2, 0.25) is 5.95 Å². The van der Waals surface area contributed by atoms with Crippen LogP contribution in [-0.4, -0.2) is 9.97 Å². The van der Waals surface area contributed by atoms with Gasteiger partial charge in [0.25, 0.3) is 0 Å². The Morgan fingerprint density at radius 2 is 1.71 bits per heavy atom. The van der Waals surface area contributed by atoms with Crippen molar-refractivity contribution in [1.29, 1.82) is 0 Å². The third kappa shape index (κ3) is 2.35. The highest BCUT2D eigenvalue weighted by atomic mass is 19.4. The number of anilines is 1. The fraction of sp³-hybridized carbons (Fsp3) is 0.0909. The van der Waals surface area contributed by atoms with Crippen LogP contribution in [0.3, 0.4) is 0 Å². The Labute approximate surface area is 95.1 Å². The zero-order chi connectivity index (χ0) is 12.5. The van der Waals surface area contributed by atoms with Crippen molar-refractivity contribution in [2.24, 2.45) is 0 Å². The molecule has 0 fully saturated rings. The first-order chi connectivity index (χ1) is 7.98. The van der Waals surface area contributed by atoms with Gasteiger partial charge in [0, 0.05) is 11.8 Å². The Bertz CT molecular complexity index is 523. The Balaban J connectivity index is 2.64. The van der Waals surface area contributed by atoms with Crippen LogP contribution >= 0.6 is 0 Å². The molecule has 0 atom stereocenters. The van der Waals surface area contributed by atoms with Crippen molar-refractivity contribution >= 4 is 5.95 Å². The highest BCUT2D eigenvalue weighted by Gasteiger charge is 2.35. The summed E-state index contributed by atoms with van der Waals surface area (Å²) < 4.78 is 38.2. The number of alkyl halides is 3. The van der Waals surface area contributed by atoms with Crippen LogP contribution in [0, 0.1) is 0 Å². The summed E-state index contributed by atoms with van der Waals surface area (Å²) in [7, 11) is 0. The highest BCUT2D eigenvalue weighted by molar-refractivity contribution is 5.64. The summed E-state index contributed by atoms with van der Waals surface area (Å²) in [6, 6.07) is 8.05. The average Bonchev–Trinajstić information content (AvgIpc) is 2.28. The zero-order valence-electron chi connectivity index (χ0n) is 8.57. The number of nitrogen functional groups attached to an aromatic ring is 1. The molecule has 0 saturated carbocycles. The number of benzene rings is 1. The molecule has 0 aliphatic rings. The van der Waals surface area contributed by atoms with Gasteiger partial charge in [-0.25, -0.2) is 9.97 Å². The summed E-state index contributed by atoms with van der Waals surface area (Å²) in [5.41, 5.74) is 4.58. The maximum absolute atomic E-state index is 12.7. The number of hydrogen-bond acceptors (Lipinski definition) is 3. The van der Waals surface area contributed by atoms with Crippen LogP contribution in [0.2, 0.25) is 0 Å². The number of rotatable bonds is 1. The number of halogens is 3. The molecule has 0 aliphatic carbocycles. The Morgan fingerprint density at radius 1 is 1.06 bits per heavy atom. The molecule has 0 saturated heterocycles. The van der Waals surface area contributed by atoms with E-state index in [2.05, 4.69) is 9.97 Å². The molecule has 1 aromatic heterocycles. The van der Waals surface area contributed by atoms with Gasteiger partial charge in [-0.3, -0.25) is 0 Å². The second-order valence-electron chi connectivity index (χ2n) is 3.35. The van der Waals surface area contributed by atoms with Crippen molar-refractivity contribution in [1.82, 2.24) is 9.97 Å². The van der Waals surface area contributed by atoms with Crippen molar-refractivity contribution < 1.29 is 13.2 Å². The summed E-state index contributed by atoms with van der Waals surface area (Å²) in [4.78, 5) is 7.03.